The molecule has 29 heavy (non-hydrogen) atoms. The molecule has 5 nitrogen and oxygen atoms in total. The summed E-state index contributed by atoms with van der Waals surface area (Å²) in [5.74, 6) is -0.766. The maximum Gasteiger partial charge on any atom is 0.265 e. The molecule has 0 radical (unpaired) electrons. The molecule has 0 bridgehead atoms. The minimum atomic E-state index is -0.383. The molecule has 2 aliphatic rings. The van der Waals surface area contributed by atoms with E-state index in [1.165, 1.54) is 9.80 Å². The number of carbonyl (C=O) groups is 2. The van der Waals surface area contributed by atoms with E-state index in [1.807, 2.05) is 33.0 Å². The van der Waals surface area contributed by atoms with E-state index in [1.54, 1.807) is 6.08 Å². The van der Waals surface area contributed by atoms with Crippen molar-refractivity contribution < 1.29 is 9.59 Å². The summed E-state index contributed by atoms with van der Waals surface area (Å²) < 4.78 is 0. The first-order valence-electron chi connectivity index (χ1n) is 9.70. The first kappa shape index (κ1) is 21.5. The highest BCUT2D eigenvalue weighted by Crippen LogP contribution is 2.41. The van der Waals surface area contributed by atoms with E-state index in [0.717, 1.165) is 16.8 Å². The molecular formula is C22H26ClN3O2S. The number of allylic oxidation sites excluding steroid dienone is 1. The molecule has 2 heterocycles. The third-order valence-corrected chi connectivity index (χ3v) is 6.45. The standard InChI is InChI=1S/C22H26ClN3O2S/c1-7-25-19(27)16(20(28)26(8-2)21(25)29)10-14-9-15-13(3)12-22(4,5)24(6)18(15)11-17(14)23/h9-12H,7-8H2,1-6H3. The van der Waals surface area contributed by atoms with Crippen LogP contribution in [0.15, 0.2) is 23.8 Å². The van der Waals surface area contributed by atoms with Gasteiger partial charge in [-0.1, -0.05) is 17.7 Å². The molecule has 0 atom stereocenters. The second kappa shape index (κ2) is 7.58. The maximum absolute atomic E-state index is 12.9. The summed E-state index contributed by atoms with van der Waals surface area (Å²) in [4.78, 5) is 30.9. The Balaban J connectivity index is 2.13. The van der Waals surface area contributed by atoms with Gasteiger partial charge in [-0.25, -0.2) is 0 Å². The van der Waals surface area contributed by atoms with E-state index in [-0.39, 0.29) is 28.0 Å². The van der Waals surface area contributed by atoms with E-state index in [4.69, 9.17) is 23.8 Å². The molecule has 1 aromatic rings. The van der Waals surface area contributed by atoms with Crippen molar-refractivity contribution in [1.82, 2.24) is 9.80 Å². The maximum atomic E-state index is 12.9. The Morgan fingerprint density at radius 1 is 1.10 bits per heavy atom. The highest BCUT2D eigenvalue weighted by molar-refractivity contribution is 7.80. The fraction of sp³-hybridized carbons (Fsp3) is 0.409. The lowest BCUT2D eigenvalue weighted by atomic mass is 9.88. The normalized spacial score (nSPS) is 18.9. The zero-order valence-electron chi connectivity index (χ0n) is 17.7. The SMILES string of the molecule is CCN1C(=O)C(=Cc2cc3c(cc2Cl)N(C)C(C)(C)C=C3C)C(=O)N(CC)C1=S. The van der Waals surface area contributed by atoms with Crippen molar-refractivity contribution >= 4 is 58.1 Å². The van der Waals surface area contributed by atoms with Crippen molar-refractivity contribution in [3.8, 4) is 0 Å². The van der Waals surface area contributed by atoms with Gasteiger partial charge in [0.1, 0.15) is 5.57 Å². The lowest BCUT2D eigenvalue weighted by molar-refractivity contribution is -0.133. The van der Waals surface area contributed by atoms with Crippen LogP contribution >= 0.6 is 23.8 Å². The third-order valence-electron chi connectivity index (χ3n) is 5.68. The summed E-state index contributed by atoms with van der Waals surface area (Å²) >= 11 is 11.9. The molecule has 2 amide bonds. The molecule has 0 spiro atoms. The van der Waals surface area contributed by atoms with Crippen LogP contribution in [0.1, 0.15) is 45.7 Å². The quantitative estimate of drug-likeness (QED) is 0.405. The van der Waals surface area contributed by atoms with Gasteiger partial charge in [0, 0.05) is 36.4 Å². The summed E-state index contributed by atoms with van der Waals surface area (Å²) in [5, 5.41) is 0.745. The number of fused-ring (bicyclic) bond motifs is 1. The number of nitrogens with zero attached hydrogens (tertiary/aromatic N) is 3. The minimum Gasteiger partial charge on any atom is -0.365 e. The monoisotopic (exact) mass is 431 g/mol. The van der Waals surface area contributed by atoms with Crippen LogP contribution in [0, 0.1) is 0 Å². The molecule has 2 aliphatic heterocycles. The number of amides is 2. The van der Waals surface area contributed by atoms with Gasteiger partial charge in [-0.2, -0.15) is 0 Å². The number of hydrogen-bond acceptors (Lipinski definition) is 4. The number of anilines is 1. The summed E-state index contributed by atoms with van der Waals surface area (Å²) in [7, 11) is 2.03. The summed E-state index contributed by atoms with van der Waals surface area (Å²) in [5.41, 5.74) is 3.78. The number of rotatable bonds is 3. The first-order chi connectivity index (χ1) is 13.5. The van der Waals surface area contributed by atoms with Crippen molar-refractivity contribution in [3.63, 3.8) is 0 Å². The molecule has 1 saturated heterocycles. The number of likely N-dealkylation sites (N-methyl/N-ethyl adjacent to an activating group) is 3. The molecule has 1 fully saturated rings. The van der Waals surface area contributed by atoms with Gasteiger partial charge in [0.05, 0.1) is 5.54 Å². The summed E-state index contributed by atoms with van der Waals surface area (Å²) in [6.07, 6.45) is 3.79. The second-order valence-electron chi connectivity index (χ2n) is 7.87. The van der Waals surface area contributed by atoms with Crippen LogP contribution < -0.4 is 4.90 Å². The van der Waals surface area contributed by atoms with Crippen LogP contribution in [0.3, 0.4) is 0 Å². The highest BCUT2D eigenvalue weighted by Gasteiger charge is 2.38. The van der Waals surface area contributed by atoms with Gasteiger partial charge in [-0.15, -0.1) is 0 Å². The largest absolute Gasteiger partial charge is 0.365 e. The number of thiocarbonyl (C=S) groups is 1. The van der Waals surface area contributed by atoms with Crippen molar-refractivity contribution in [2.45, 2.75) is 40.2 Å². The summed E-state index contributed by atoms with van der Waals surface area (Å²) in [6, 6.07) is 3.85. The number of benzene rings is 1. The van der Waals surface area contributed by atoms with Crippen LogP contribution in [0.5, 0.6) is 0 Å². The molecule has 1 aromatic carbocycles. The first-order valence-corrected chi connectivity index (χ1v) is 10.5. The molecule has 0 aromatic heterocycles. The lowest BCUT2D eigenvalue weighted by Gasteiger charge is -2.41. The van der Waals surface area contributed by atoms with E-state index < -0.39 is 0 Å². The van der Waals surface area contributed by atoms with E-state index in [2.05, 4.69) is 31.7 Å². The van der Waals surface area contributed by atoms with Crippen molar-refractivity contribution in [1.29, 1.82) is 0 Å². The fourth-order valence-corrected chi connectivity index (χ4v) is 4.47. The predicted molar refractivity (Wildman–Crippen MR) is 123 cm³/mol. The zero-order valence-corrected chi connectivity index (χ0v) is 19.2. The minimum absolute atomic E-state index is 0.0790. The highest BCUT2D eigenvalue weighted by atomic mass is 35.5. The zero-order chi connectivity index (χ0) is 21.7. The van der Waals surface area contributed by atoms with Crippen LogP contribution in [0.25, 0.3) is 11.6 Å². The Kier molecular flexibility index (Phi) is 5.62. The Morgan fingerprint density at radius 2 is 1.66 bits per heavy atom. The van der Waals surface area contributed by atoms with Gasteiger partial charge in [0.25, 0.3) is 11.8 Å². The predicted octanol–water partition coefficient (Wildman–Crippen LogP) is 4.35. The molecule has 0 N–H and O–H groups in total. The van der Waals surface area contributed by atoms with Crippen LogP contribution in [-0.2, 0) is 9.59 Å². The van der Waals surface area contributed by atoms with E-state index >= 15 is 0 Å². The molecule has 7 heteroatoms. The van der Waals surface area contributed by atoms with Gasteiger partial charge < -0.3 is 4.90 Å². The average molecular weight is 432 g/mol. The molecule has 154 valence electrons. The van der Waals surface area contributed by atoms with Crippen LogP contribution in [-0.4, -0.2) is 52.4 Å². The van der Waals surface area contributed by atoms with Crippen LogP contribution in [0.4, 0.5) is 5.69 Å². The molecular weight excluding hydrogens is 406 g/mol. The lowest BCUT2D eigenvalue weighted by Crippen LogP contribution is -2.55. The van der Waals surface area contributed by atoms with Crippen molar-refractivity contribution in [2.75, 3.05) is 25.0 Å². The number of hydrogen-bond donors (Lipinski definition) is 0. The van der Waals surface area contributed by atoms with E-state index in [9.17, 15) is 9.59 Å². The molecule has 0 saturated carbocycles. The Bertz CT molecular complexity index is 953. The van der Waals surface area contributed by atoms with Gasteiger partial charge in [0.2, 0.25) is 0 Å². The fourth-order valence-electron chi connectivity index (χ4n) is 3.84. The van der Waals surface area contributed by atoms with Crippen molar-refractivity contribution in [3.05, 3.63) is 39.9 Å². The summed E-state index contributed by atoms with van der Waals surface area (Å²) in [6.45, 7) is 10.8. The Labute approximate surface area is 182 Å². The molecule has 3 rings (SSSR count). The van der Waals surface area contributed by atoms with Gasteiger partial charge in [-0.05, 0) is 76.2 Å². The average Bonchev–Trinajstić information content (AvgIpc) is 2.64. The van der Waals surface area contributed by atoms with Gasteiger partial charge in [-0.3, -0.25) is 19.4 Å². The smallest absolute Gasteiger partial charge is 0.265 e. The second-order valence-corrected chi connectivity index (χ2v) is 8.64. The van der Waals surface area contributed by atoms with Gasteiger partial charge >= 0.3 is 0 Å². The van der Waals surface area contributed by atoms with Crippen molar-refractivity contribution in [2.24, 2.45) is 0 Å². The number of halogens is 1. The molecule has 0 unspecified atom stereocenters. The third kappa shape index (κ3) is 3.49. The Morgan fingerprint density at radius 3 is 2.17 bits per heavy atom. The van der Waals surface area contributed by atoms with E-state index in [0.29, 0.717) is 23.7 Å². The van der Waals surface area contributed by atoms with Gasteiger partial charge in [0.15, 0.2) is 5.11 Å². The Hall–Kier alpha value is -2.18. The molecule has 0 aliphatic carbocycles. The number of carbonyl (C=O) groups excluding carboxylic acids is 2. The van der Waals surface area contributed by atoms with Crippen LogP contribution in [0.2, 0.25) is 5.02 Å². The topological polar surface area (TPSA) is 43.9 Å².